The molecule has 1 fully saturated rings. The molecule has 0 unspecified atom stereocenters. The highest BCUT2D eigenvalue weighted by Crippen LogP contribution is 2.34. The molecule has 6 heteroatoms. The van der Waals surface area contributed by atoms with Crippen molar-refractivity contribution in [2.75, 3.05) is 13.1 Å². The number of rotatable bonds is 3. The van der Waals surface area contributed by atoms with Gasteiger partial charge in [0.15, 0.2) is 0 Å². The van der Waals surface area contributed by atoms with Crippen LogP contribution in [-0.4, -0.2) is 28.9 Å². The normalized spacial score (nSPS) is 17.9. The summed E-state index contributed by atoms with van der Waals surface area (Å²) in [5.74, 6) is 0.0594. The second kappa shape index (κ2) is 6.68. The molecule has 2 N–H and O–H groups in total. The molecule has 0 saturated carbocycles. The van der Waals surface area contributed by atoms with E-state index < -0.39 is 0 Å². The number of nitrogens with zero attached hydrogens (tertiary/aromatic N) is 2. The van der Waals surface area contributed by atoms with Crippen LogP contribution in [0.3, 0.4) is 0 Å². The van der Waals surface area contributed by atoms with Gasteiger partial charge in [0.05, 0.1) is 0 Å². The van der Waals surface area contributed by atoms with Gasteiger partial charge in [-0.25, -0.2) is 4.98 Å². The molecule has 1 aliphatic heterocycles. The Bertz CT molecular complexity index is 427. The molecular weight excluding hydrogens is 282 g/mol. The van der Waals surface area contributed by atoms with Crippen LogP contribution in [0.25, 0.3) is 0 Å². The summed E-state index contributed by atoms with van der Waals surface area (Å²) in [7, 11) is 0. The van der Waals surface area contributed by atoms with Gasteiger partial charge >= 0.3 is 0 Å². The summed E-state index contributed by atoms with van der Waals surface area (Å²) in [4.78, 5) is 18.4. The second-order valence-electron chi connectivity index (χ2n) is 5.29. The lowest BCUT2D eigenvalue weighted by Gasteiger charge is -2.38. The van der Waals surface area contributed by atoms with Crippen molar-refractivity contribution in [1.82, 2.24) is 9.88 Å². The van der Waals surface area contributed by atoms with Gasteiger partial charge in [0, 0.05) is 25.0 Å². The topological polar surface area (TPSA) is 59.2 Å². The van der Waals surface area contributed by atoms with Crippen molar-refractivity contribution in [3.05, 3.63) is 16.1 Å². The Hall–Kier alpha value is -0.650. The fraction of sp³-hybridized carbons (Fsp3) is 0.692. The molecule has 108 valence electrons. The van der Waals surface area contributed by atoms with Gasteiger partial charge in [0.2, 0.25) is 0 Å². The number of likely N-dealkylation sites (tertiary alicyclic amines) is 1. The van der Waals surface area contributed by atoms with E-state index in [1.807, 2.05) is 10.3 Å². The van der Waals surface area contributed by atoms with E-state index in [0.717, 1.165) is 30.9 Å². The SMILES string of the molecule is CCC1(C)CCN(C(=O)c2csc(CN)n2)CC1.Cl. The van der Waals surface area contributed by atoms with Crippen LogP contribution in [0.2, 0.25) is 0 Å². The minimum Gasteiger partial charge on any atom is -0.337 e. The first-order chi connectivity index (χ1) is 8.58. The number of nitrogens with two attached hydrogens (primary N) is 1. The third-order valence-corrected chi connectivity index (χ3v) is 4.93. The van der Waals surface area contributed by atoms with Gasteiger partial charge in [-0.15, -0.1) is 23.7 Å². The van der Waals surface area contributed by atoms with Crippen molar-refractivity contribution in [2.24, 2.45) is 11.1 Å². The van der Waals surface area contributed by atoms with Gasteiger partial charge in [0.1, 0.15) is 10.7 Å². The van der Waals surface area contributed by atoms with E-state index in [0.29, 0.717) is 17.7 Å². The van der Waals surface area contributed by atoms with Gasteiger partial charge < -0.3 is 10.6 Å². The van der Waals surface area contributed by atoms with E-state index >= 15 is 0 Å². The number of thiazole rings is 1. The molecule has 4 nitrogen and oxygen atoms in total. The lowest BCUT2D eigenvalue weighted by Crippen LogP contribution is -2.42. The first-order valence-corrected chi connectivity index (χ1v) is 7.40. The Kier molecular flexibility index (Phi) is 5.77. The highest BCUT2D eigenvalue weighted by Gasteiger charge is 2.31. The Balaban J connectivity index is 0.00000180. The zero-order valence-corrected chi connectivity index (χ0v) is 13.1. The number of carbonyl (C=O) groups excluding carboxylic acids is 1. The van der Waals surface area contributed by atoms with Crippen molar-refractivity contribution >= 4 is 29.7 Å². The first-order valence-electron chi connectivity index (χ1n) is 6.52. The number of halogens is 1. The standard InChI is InChI=1S/C13H21N3OS.ClH/c1-3-13(2)4-6-16(7-5-13)12(17)10-9-18-11(8-14)15-10;/h9H,3-8,14H2,1-2H3;1H. The molecule has 0 radical (unpaired) electrons. The van der Waals surface area contributed by atoms with Crippen LogP contribution in [0.5, 0.6) is 0 Å². The summed E-state index contributed by atoms with van der Waals surface area (Å²) < 4.78 is 0. The van der Waals surface area contributed by atoms with Crippen LogP contribution in [0, 0.1) is 5.41 Å². The Morgan fingerprint density at radius 2 is 2.16 bits per heavy atom. The second-order valence-corrected chi connectivity index (χ2v) is 6.23. The van der Waals surface area contributed by atoms with Crippen LogP contribution in [0.1, 0.15) is 48.6 Å². The van der Waals surface area contributed by atoms with Crippen molar-refractivity contribution in [2.45, 2.75) is 39.7 Å². The third kappa shape index (κ3) is 3.68. The molecule has 1 aromatic rings. The van der Waals surface area contributed by atoms with E-state index in [9.17, 15) is 4.79 Å². The third-order valence-electron chi connectivity index (χ3n) is 4.06. The van der Waals surface area contributed by atoms with Gasteiger partial charge in [-0.1, -0.05) is 20.3 Å². The first kappa shape index (κ1) is 16.4. The van der Waals surface area contributed by atoms with E-state index in [1.54, 1.807) is 0 Å². The van der Waals surface area contributed by atoms with Crippen molar-refractivity contribution < 1.29 is 4.79 Å². The molecule has 0 bridgehead atoms. The van der Waals surface area contributed by atoms with E-state index in [4.69, 9.17) is 5.73 Å². The summed E-state index contributed by atoms with van der Waals surface area (Å²) in [5.41, 5.74) is 6.48. The molecule has 0 aromatic carbocycles. The maximum Gasteiger partial charge on any atom is 0.273 e. The number of aromatic nitrogens is 1. The van der Waals surface area contributed by atoms with Gasteiger partial charge in [-0.3, -0.25) is 4.79 Å². The number of hydrogen-bond donors (Lipinski definition) is 1. The molecule has 2 heterocycles. The summed E-state index contributed by atoms with van der Waals surface area (Å²) in [6, 6.07) is 0. The highest BCUT2D eigenvalue weighted by atomic mass is 35.5. The van der Waals surface area contributed by atoms with Gasteiger partial charge in [-0.2, -0.15) is 0 Å². The molecule has 1 aromatic heterocycles. The average molecular weight is 304 g/mol. The molecule has 1 aliphatic rings. The molecule has 1 amide bonds. The molecule has 1 saturated heterocycles. The number of amides is 1. The summed E-state index contributed by atoms with van der Waals surface area (Å²) in [5, 5.41) is 2.65. The molecule has 0 aliphatic carbocycles. The maximum atomic E-state index is 12.3. The molecule has 0 atom stereocenters. The van der Waals surface area contributed by atoms with E-state index in [-0.39, 0.29) is 18.3 Å². The Morgan fingerprint density at radius 1 is 1.53 bits per heavy atom. The summed E-state index contributed by atoms with van der Waals surface area (Å²) in [6.45, 7) is 6.64. The minimum atomic E-state index is 0. The van der Waals surface area contributed by atoms with Gasteiger partial charge in [-0.05, 0) is 18.3 Å². The van der Waals surface area contributed by atoms with Crippen LogP contribution in [0.4, 0.5) is 0 Å². The van der Waals surface area contributed by atoms with Crippen LogP contribution < -0.4 is 5.73 Å². The number of hydrogen-bond acceptors (Lipinski definition) is 4. The lowest BCUT2D eigenvalue weighted by atomic mass is 9.78. The molecule has 2 rings (SSSR count). The average Bonchev–Trinajstić information content (AvgIpc) is 2.87. The highest BCUT2D eigenvalue weighted by molar-refractivity contribution is 7.09. The zero-order chi connectivity index (χ0) is 13.2. The predicted molar refractivity (Wildman–Crippen MR) is 80.8 cm³/mol. The largest absolute Gasteiger partial charge is 0.337 e. The fourth-order valence-corrected chi connectivity index (χ4v) is 2.92. The smallest absolute Gasteiger partial charge is 0.273 e. The van der Waals surface area contributed by atoms with Crippen LogP contribution in [-0.2, 0) is 6.54 Å². The van der Waals surface area contributed by atoms with Crippen molar-refractivity contribution in [1.29, 1.82) is 0 Å². The van der Waals surface area contributed by atoms with E-state index in [1.165, 1.54) is 17.8 Å². The fourth-order valence-electron chi connectivity index (χ4n) is 2.27. The molecule has 0 spiro atoms. The van der Waals surface area contributed by atoms with Crippen LogP contribution >= 0.6 is 23.7 Å². The predicted octanol–water partition coefficient (Wildman–Crippen LogP) is 2.68. The minimum absolute atomic E-state index is 0. The van der Waals surface area contributed by atoms with Crippen LogP contribution in [0.15, 0.2) is 5.38 Å². The zero-order valence-electron chi connectivity index (χ0n) is 11.5. The number of carbonyl (C=O) groups is 1. The van der Waals surface area contributed by atoms with Crippen molar-refractivity contribution in [3.63, 3.8) is 0 Å². The maximum absolute atomic E-state index is 12.3. The Morgan fingerprint density at radius 3 is 2.63 bits per heavy atom. The quantitative estimate of drug-likeness (QED) is 0.934. The summed E-state index contributed by atoms with van der Waals surface area (Å²) >= 11 is 1.46. The lowest BCUT2D eigenvalue weighted by molar-refractivity contribution is 0.0595. The number of piperidine rings is 1. The Labute approximate surface area is 124 Å². The monoisotopic (exact) mass is 303 g/mol. The molecular formula is C13H22ClN3OS. The van der Waals surface area contributed by atoms with E-state index in [2.05, 4.69) is 18.8 Å². The molecule has 19 heavy (non-hydrogen) atoms. The summed E-state index contributed by atoms with van der Waals surface area (Å²) in [6.07, 6.45) is 3.36. The van der Waals surface area contributed by atoms with Crippen molar-refractivity contribution in [3.8, 4) is 0 Å². The van der Waals surface area contributed by atoms with Gasteiger partial charge in [0.25, 0.3) is 5.91 Å².